The van der Waals surface area contributed by atoms with Crippen molar-refractivity contribution in [3.63, 3.8) is 0 Å². The van der Waals surface area contributed by atoms with Gasteiger partial charge in [0.25, 0.3) is 5.91 Å². The summed E-state index contributed by atoms with van der Waals surface area (Å²) in [5.41, 5.74) is 5.99. The molecule has 2 heterocycles. The van der Waals surface area contributed by atoms with Crippen LogP contribution in [0.15, 0.2) is 0 Å². The summed E-state index contributed by atoms with van der Waals surface area (Å²) in [6.45, 7) is 5.39. The van der Waals surface area contributed by atoms with Crippen molar-refractivity contribution in [1.29, 1.82) is 0 Å². The Kier molecular flexibility index (Phi) is 2.47. The molecule has 0 atom stereocenters. The number of nitrogens with zero attached hydrogens (tertiary/aromatic N) is 4. The summed E-state index contributed by atoms with van der Waals surface area (Å²) >= 11 is 1.48. The molecule has 0 amide bonds. The zero-order valence-electron chi connectivity index (χ0n) is 9.18. The maximum absolute atomic E-state index is 12.1. The van der Waals surface area contributed by atoms with Gasteiger partial charge in [0.15, 0.2) is 0 Å². The van der Waals surface area contributed by atoms with Gasteiger partial charge in [-0.2, -0.15) is 0 Å². The Morgan fingerprint density at radius 2 is 2.00 bits per heavy atom. The number of nitrogens with two attached hydrogens (primary N) is 1. The molecule has 0 aliphatic rings. The van der Waals surface area contributed by atoms with E-state index in [1.165, 1.54) is 15.9 Å². The lowest BCUT2D eigenvalue weighted by Crippen LogP contribution is -2.17. The second-order valence-corrected chi connectivity index (χ2v) is 4.79. The lowest BCUT2D eigenvalue weighted by atomic mass is 10.3. The Hall–Kier alpha value is -1.76. The van der Waals surface area contributed by atoms with E-state index in [4.69, 9.17) is 5.73 Å². The summed E-state index contributed by atoms with van der Waals surface area (Å²) < 4.78 is 1.27. The first-order valence-corrected chi connectivity index (χ1v) is 5.48. The maximum atomic E-state index is 12.1. The molecule has 0 aromatic carbocycles. The molecule has 2 rings (SSSR count). The van der Waals surface area contributed by atoms with E-state index in [1.807, 2.05) is 13.8 Å². The molecule has 2 N–H and O–H groups in total. The minimum Gasteiger partial charge on any atom is -0.367 e. The lowest BCUT2D eigenvalue weighted by molar-refractivity contribution is 0.0955. The van der Waals surface area contributed by atoms with Gasteiger partial charge in [-0.1, -0.05) is 0 Å². The fourth-order valence-electron chi connectivity index (χ4n) is 1.46. The number of aromatic nitrogens is 4. The quantitative estimate of drug-likeness (QED) is 0.797. The van der Waals surface area contributed by atoms with Crippen LogP contribution in [-0.4, -0.2) is 25.7 Å². The summed E-state index contributed by atoms with van der Waals surface area (Å²) in [6.07, 6.45) is 0. The molecule has 0 aliphatic heterocycles. The van der Waals surface area contributed by atoms with Crippen LogP contribution in [0, 0.1) is 20.8 Å². The van der Waals surface area contributed by atoms with E-state index in [-0.39, 0.29) is 11.9 Å². The van der Waals surface area contributed by atoms with Crippen molar-refractivity contribution in [2.45, 2.75) is 20.8 Å². The number of hydrogen-bond donors (Lipinski definition) is 1. The predicted octanol–water partition coefficient (Wildman–Crippen LogP) is 0.931. The van der Waals surface area contributed by atoms with Crippen molar-refractivity contribution in [2.75, 3.05) is 5.73 Å². The molecule has 0 radical (unpaired) electrons. The molecule has 0 aliphatic carbocycles. The Labute approximate surface area is 96.1 Å². The van der Waals surface area contributed by atoms with Crippen LogP contribution in [-0.2, 0) is 0 Å². The molecule has 84 valence electrons. The summed E-state index contributed by atoms with van der Waals surface area (Å²) in [4.78, 5) is 17.2. The zero-order valence-corrected chi connectivity index (χ0v) is 10.00. The van der Waals surface area contributed by atoms with Gasteiger partial charge < -0.3 is 5.73 Å². The van der Waals surface area contributed by atoms with Crippen LogP contribution in [0.25, 0.3) is 0 Å². The Bertz CT molecular complexity index is 537. The van der Waals surface area contributed by atoms with Crippen LogP contribution < -0.4 is 5.73 Å². The average Bonchev–Trinajstić information content (AvgIpc) is 2.70. The average molecular weight is 237 g/mol. The largest absolute Gasteiger partial charge is 0.367 e. The lowest BCUT2D eigenvalue weighted by Gasteiger charge is -2.02. The molecule has 0 bridgehead atoms. The topological polar surface area (TPSA) is 86.7 Å². The Morgan fingerprint density at radius 1 is 1.31 bits per heavy atom. The number of carbonyl (C=O) groups is 1. The van der Waals surface area contributed by atoms with Gasteiger partial charge in [0.2, 0.25) is 5.95 Å². The minimum atomic E-state index is -0.276. The summed E-state index contributed by atoms with van der Waals surface area (Å²) in [5, 5.41) is 8.24. The number of nitrogen functional groups attached to an aromatic ring is 1. The van der Waals surface area contributed by atoms with Crippen molar-refractivity contribution in [3.05, 3.63) is 21.4 Å². The number of thiazole rings is 1. The third kappa shape index (κ3) is 1.58. The van der Waals surface area contributed by atoms with Gasteiger partial charge in [0, 0.05) is 4.88 Å². The van der Waals surface area contributed by atoms with Crippen LogP contribution in [0.1, 0.15) is 26.2 Å². The van der Waals surface area contributed by atoms with Gasteiger partial charge in [0.1, 0.15) is 11.5 Å². The molecular formula is C9H11N5OS. The van der Waals surface area contributed by atoms with E-state index in [0.29, 0.717) is 11.5 Å². The highest BCUT2D eigenvalue weighted by molar-refractivity contribution is 7.11. The molecule has 0 fully saturated rings. The Balaban J connectivity index is 2.51. The molecule has 7 heteroatoms. The summed E-state index contributed by atoms with van der Waals surface area (Å²) in [5.74, 6) is 0.280. The number of hydrogen-bond acceptors (Lipinski definition) is 6. The second kappa shape index (κ2) is 3.67. The van der Waals surface area contributed by atoms with E-state index >= 15 is 0 Å². The van der Waals surface area contributed by atoms with Crippen LogP contribution in [0.2, 0.25) is 0 Å². The number of rotatable bonds is 1. The molecule has 0 saturated carbocycles. The minimum absolute atomic E-state index is 0.0903. The maximum Gasteiger partial charge on any atom is 0.285 e. The van der Waals surface area contributed by atoms with Crippen LogP contribution in [0.3, 0.4) is 0 Å². The first kappa shape index (κ1) is 10.7. The van der Waals surface area contributed by atoms with E-state index in [0.717, 1.165) is 9.88 Å². The van der Waals surface area contributed by atoms with E-state index in [1.54, 1.807) is 6.92 Å². The molecule has 0 saturated heterocycles. The predicted molar refractivity (Wildman–Crippen MR) is 60.5 cm³/mol. The molecule has 2 aromatic rings. The van der Waals surface area contributed by atoms with E-state index in [9.17, 15) is 4.79 Å². The van der Waals surface area contributed by atoms with Crippen LogP contribution >= 0.6 is 11.3 Å². The fraction of sp³-hybridized carbons (Fsp3) is 0.333. The first-order chi connectivity index (χ1) is 7.50. The number of aryl methyl sites for hydroxylation is 3. The van der Waals surface area contributed by atoms with Crippen molar-refractivity contribution >= 4 is 23.2 Å². The molecular weight excluding hydrogens is 226 g/mol. The SMILES string of the molecule is Cc1nc(C(=O)n2c(C)nnc2N)c(C)s1. The van der Waals surface area contributed by atoms with Gasteiger partial charge in [0.05, 0.1) is 5.01 Å². The normalized spacial score (nSPS) is 10.7. The smallest absolute Gasteiger partial charge is 0.285 e. The molecule has 6 nitrogen and oxygen atoms in total. The van der Waals surface area contributed by atoms with Crippen molar-refractivity contribution in [3.8, 4) is 0 Å². The summed E-state index contributed by atoms with van der Waals surface area (Å²) in [7, 11) is 0. The molecule has 16 heavy (non-hydrogen) atoms. The standard InChI is InChI=1S/C9H11N5OS/c1-4-7(11-6(3)16-4)8(15)14-5(2)12-13-9(14)10/h1-3H3,(H2,10,13). The van der Waals surface area contributed by atoms with Crippen molar-refractivity contribution in [2.24, 2.45) is 0 Å². The highest BCUT2D eigenvalue weighted by atomic mass is 32.1. The zero-order chi connectivity index (χ0) is 11.9. The second-order valence-electron chi connectivity index (χ2n) is 3.38. The van der Waals surface area contributed by atoms with Crippen molar-refractivity contribution < 1.29 is 4.79 Å². The van der Waals surface area contributed by atoms with Gasteiger partial charge in [-0.15, -0.1) is 21.5 Å². The summed E-state index contributed by atoms with van der Waals surface area (Å²) in [6, 6.07) is 0. The van der Waals surface area contributed by atoms with Gasteiger partial charge in [-0.25, -0.2) is 9.55 Å². The third-order valence-electron chi connectivity index (χ3n) is 2.16. The molecule has 2 aromatic heterocycles. The van der Waals surface area contributed by atoms with Gasteiger partial charge in [-0.05, 0) is 20.8 Å². The highest BCUT2D eigenvalue weighted by Gasteiger charge is 2.20. The van der Waals surface area contributed by atoms with Crippen LogP contribution in [0.4, 0.5) is 5.95 Å². The van der Waals surface area contributed by atoms with E-state index < -0.39 is 0 Å². The molecule has 0 spiro atoms. The molecule has 0 unspecified atom stereocenters. The number of anilines is 1. The number of carbonyl (C=O) groups excluding carboxylic acids is 1. The fourth-order valence-corrected chi connectivity index (χ4v) is 2.27. The monoisotopic (exact) mass is 237 g/mol. The van der Waals surface area contributed by atoms with Crippen LogP contribution in [0.5, 0.6) is 0 Å². The van der Waals surface area contributed by atoms with Crippen molar-refractivity contribution in [1.82, 2.24) is 19.7 Å². The van der Waals surface area contributed by atoms with Gasteiger partial charge >= 0.3 is 0 Å². The first-order valence-electron chi connectivity index (χ1n) is 4.67. The van der Waals surface area contributed by atoms with Gasteiger partial charge in [-0.3, -0.25) is 4.79 Å². The van der Waals surface area contributed by atoms with E-state index in [2.05, 4.69) is 15.2 Å². The highest BCUT2D eigenvalue weighted by Crippen LogP contribution is 2.18. The third-order valence-corrected chi connectivity index (χ3v) is 3.05. The Morgan fingerprint density at radius 3 is 2.44 bits per heavy atom.